The van der Waals surface area contributed by atoms with Gasteiger partial charge in [-0.2, -0.15) is 0 Å². The molecule has 0 saturated carbocycles. The van der Waals surface area contributed by atoms with Gasteiger partial charge in [0.15, 0.2) is 0 Å². The van der Waals surface area contributed by atoms with E-state index in [1.807, 2.05) is 12.4 Å². The lowest BCUT2D eigenvalue weighted by molar-refractivity contribution is 0.0459. The van der Waals surface area contributed by atoms with Crippen LogP contribution in [-0.4, -0.2) is 30.8 Å². The van der Waals surface area contributed by atoms with E-state index in [4.69, 9.17) is 4.74 Å². The van der Waals surface area contributed by atoms with Crippen LogP contribution in [0.1, 0.15) is 19.8 Å². The van der Waals surface area contributed by atoms with Crippen molar-refractivity contribution in [2.45, 2.75) is 25.9 Å². The second-order valence-electron chi connectivity index (χ2n) is 3.97. The van der Waals surface area contributed by atoms with Crippen LogP contribution in [-0.2, 0) is 4.74 Å². The average molecular weight is 285 g/mol. The van der Waals surface area contributed by atoms with Gasteiger partial charge in [0.05, 0.1) is 16.3 Å². The molecule has 1 aromatic rings. The summed E-state index contributed by atoms with van der Waals surface area (Å²) in [6.07, 6.45) is 6.37. The van der Waals surface area contributed by atoms with Crippen LogP contribution in [0.15, 0.2) is 22.9 Å². The third-order valence-electron chi connectivity index (χ3n) is 2.94. The molecule has 0 aromatic carbocycles. The van der Waals surface area contributed by atoms with Crippen molar-refractivity contribution in [3.63, 3.8) is 0 Å². The molecule has 1 aliphatic rings. The fourth-order valence-electron chi connectivity index (χ4n) is 2.12. The molecule has 0 amide bonds. The molecule has 2 heterocycles. The highest BCUT2D eigenvalue weighted by atomic mass is 79.9. The Hall–Kier alpha value is -0.610. The highest BCUT2D eigenvalue weighted by Crippen LogP contribution is 2.27. The van der Waals surface area contributed by atoms with E-state index in [1.54, 1.807) is 0 Å². The zero-order valence-electron chi connectivity index (χ0n) is 9.53. The van der Waals surface area contributed by atoms with Gasteiger partial charge < -0.3 is 9.64 Å². The molecule has 88 valence electrons. The number of hydrogen-bond donors (Lipinski definition) is 0. The Bertz CT molecular complexity index is 338. The van der Waals surface area contributed by atoms with E-state index in [9.17, 15) is 0 Å². The second kappa shape index (κ2) is 5.64. The predicted molar refractivity (Wildman–Crippen MR) is 68.8 cm³/mol. The smallest absolute Gasteiger partial charge is 0.0608 e. The van der Waals surface area contributed by atoms with Crippen molar-refractivity contribution in [2.24, 2.45) is 0 Å². The van der Waals surface area contributed by atoms with E-state index in [1.165, 1.54) is 5.69 Å². The third kappa shape index (κ3) is 2.74. The van der Waals surface area contributed by atoms with Crippen molar-refractivity contribution >= 4 is 21.6 Å². The zero-order valence-corrected chi connectivity index (χ0v) is 11.1. The number of aromatic nitrogens is 1. The van der Waals surface area contributed by atoms with Crippen molar-refractivity contribution in [1.82, 2.24) is 4.98 Å². The van der Waals surface area contributed by atoms with Gasteiger partial charge in [0.2, 0.25) is 0 Å². The van der Waals surface area contributed by atoms with Gasteiger partial charge in [-0.25, -0.2) is 0 Å². The molecule has 1 aliphatic heterocycles. The number of halogens is 1. The number of piperidine rings is 1. The zero-order chi connectivity index (χ0) is 11.4. The predicted octanol–water partition coefficient (Wildman–Crippen LogP) is 2.85. The first-order valence-corrected chi connectivity index (χ1v) is 6.56. The summed E-state index contributed by atoms with van der Waals surface area (Å²) < 4.78 is 6.72. The van der Waals surface area contributed by atoms with Crippen LogP contribution in [0.2, 0.25) is 0 Å². The van der Waals surface area contributed by atoms with Crippen LogP contribution in [0.4, 0.5) is 5.69 Å². The van der Waals surface area contributed by atoms with Crippen molar-refractivity contribution in [2.75, 3.05) is 24.6 Å². The maximum Gasteiger partial charge on any atom is 0.0608 e. The first-order valence-electron chi connectivity index (χ1n) is 5.77. The number of rotatable bonds is 3. The van der Waals surface area contributed by atoms with Crippen molar-refractivity contribution in [3.8, 4) is 0 Å². The lowest BCUT2D eigenvalue weighted by Crippen LogP contribution is -2.37. The first-order chi connectivity index (χ1) is 7.81. The number of anilines is 1. The van der Waals surface area contributed by atoms with E-state index in [0.717, 1.165) is 37.0 Å². The largest absolute Gasteiger partial charge is 0.378 e. The van der Waals surface area contributed by atoms with Crippen molar-refractivity contribution in [1.29, 1.82) is 0 Å². The molecule has 0 spiro atoms. The summed E-state index contributed by atoms with van der Waals surface area (Å²) in [5.74, 6) is 0. The Balaban J connectivity index is 1.96. The van der Waals surface area contributed by atoms with Gasteiger partial charge in [-0.15, -0.1) is 0 Å². The summed E-state index contributed by atoms with van der Waals surface area (Å²) in [6, 6.07) is 2.06. The van der Waals surface area contributed by atoms with Crippen molar-refractivity contribution < 1.29 is 4.74 Å². The Morgan fingerprint density at radius 3 is 2.88 bits per heavy atom. The number of pyridine rings is 1. The normalized spacial score (nSPS) is 17.8. The first kappa shape index (κ1) is 11.9. The quantitative estimate of drug-likeness (QED) is 0.854. The minimum atomic E-state index is 0.446. The van der Waals surface area contributed by atoms with Crippen LogP contribution in [0.25, 0.3) is 0 Å². The summed E-state index contributed by atoms with van der Waals surface area (Å²) in [5, 5.41) is 0. The molecule has 1 saturated heterocycles. The van der Waals surface area contributed by atoms with Crippen LogP contribution in [0.5, 0.6) is 0 Å². The van der Waals surface area contributed by atoms with E-state index in [2.05, 4.69) is 38.8 Å². The van der Waals surface area contributed by atoms with E-state index < -0.39 is 0 Å². The molecule has 1 fully saturated rings. The maximum absolute atomic E-state index is 5.65. The van der Waals surface area contributed by atoms with Gasteiger partial charge in [-0.3, -0.25) is 4.98 Å². The van der Waals surface area contributed by atoms with E-state index in [-0.39, 0.29) is 0 Å². The summed E-state index contributed by atoms with van der Waals surface area (Å²) in [5.41, 5.74) is 1.24. The molecule has 16 heavy (non-hydrogen) atoms. The van der Waals surface area contributed by atoms with Crippen LogP contribution < -0.4 is 4.90 Å². The molecule has 0 atom stereocenters. The molecular weight excluding hydrogens is 268 g/mol. The monoisotopic (exact) mass is 284 g/mol. The van der Waals surface area contributed by atoms with Crippen LogP contribution in [0.3, 0.4) is 0 Å². The molecule has 0 unspecified atom stereocenters. The molecule has 0 N–H and O–H groups in total. The van der Waals surface area contributed by atoms with Gasteiger partial charge in [0.1, 0.15) is 0 Å². The summed E-state index contributed by atoms with van der Waals surface area (Å²) >= 11 is 3.54. The van der Waals surface area contributed by atoms with E-state index in [0.29, 0.717) is 6.10 Å². The highest BCUT2D eigenvalue weighted by Gasteiger charge is 2.20. The Morgan fingerprint density at radius 1 is 1.50 bits per heavy atom. The third-order valence-corrected chi connectivity index (χ3v) is 3.55. The Labute approximate surface area is 105 Å². The van der Waals surface area contributed by atoms with Gasteiger partial charge in [-0.05, 0) is 41.8 Å². The molecule has 0 radical (unpaired) electrons. The SMILES string of the molecule is CCOC1CCN(c2ccncc2Br)CC1. The molecule has 0 aliphatic carbocycles. The average Bonchev–Trinajstić information content (AvgIpc) is 2.31. The second-order valence-corrected chi connectivity index (χ2v) is 4.82. The van der Waals surface area contributed by atoms with Crippen LogP contribution >= 0.6 is 15.9 Å². The summed E-state index contributed by atoms with van der Waals surface area (Å²) in [7, 11) is 0. The summed E-state index contributed by atoms with van der Waals surface area (Å²) in [6.45, 7) is 5.01. The molecule has 3 nitrogen and oxygen atoms in total. The van der Waals surface area contributed by atoms with Gasteiger partial charge in [0, 0.05) is 32.1 Å². The fraction of sp³-hybridized carbons (Fsp3) is 0.583. The number of nitrogens with zero attached hydrogens (tertiary/aromatic N) is 2. The van der Waals surface area contributed by atoms with Gasteiger partial charge >= 0.3 is 0 Å². The highest BCUT2D eigenvalue weighted by molar-refractivity contribution is 9.10. The molecule has 1 aromatic heterocycles. The number of hydrogen-bond acceptors (Lipinski definition) is 3. The topological polar surface area (TPSA) is 25.4 Å². The molecule has 2 rings (SSSR count). The van der Waals surface area contributed by atoms with Gasteiger partial charge in [0.25, 0.3) is 0 Å². The lowest BCUT2D eigenvalue weighted by atomic mass is 10.1. The molecule has 0 bridgehead atoms. The van der Waals surface area contributed by atoms with Gasteiger partial charge in [-0.1, -0.05) is 0 Å². The molecule has 4 heteroatoms. The Kier molecular flexibility index (Phi) is 4.18. The number of ether oxygens (including phenoxy) is 1. The minimum Gasteiger partial charge on any atom is -0.378 e. The fourth-order valence-corrected chi connectivity index (χ4v) is 2.62. The van der Waals surface area contributed by atoms with Crippen molar-refractivity contribution in [3.05, 3.63) is 22.9 Å². The van der Waals surface area contributed by atoms with Crippen LogP contribution in [0, 0.1) is 0 Å². The lowest BCUT2D eigenvalue weighted by Gasteiger charge is -2.33. The minimum absolute atomic E-state index is 0.446. The molecular formula is C12H17BrN2O. The summed E-state index contributed by atoms with van der Waals surface area (Å²) in [4.78, 5) is 6.48. The maximum atomic E-state index is 5.65. The van der Waals surface area contributed by atoms with E-state index >= 15 is 0 Å². The standard InChI is InChI=1S/C12H17BrN2O/c1-2-16-10-4-7-15(8-5-10)12-3-6-14-9-11(12)13/h3,6,9-10H,2,4-5,7-8H2,1H3. The Morgan fingerprint density at radius 2 is 2.25 bits per heavy atom.